The first-order valence-electron chi connectivity index (χ1n) is 14.6. The van der Waals surface area contributed by atoms with E-state index >= 15 is 0 Å². The summed E-state index contributed by atoms with van der Waals surface area (Å²) >= 11 is 0. The van der Waals surface area contributed by atoms with Crippen LogP contribution >= 0.6 is 0 Å². The fourth-order valence-corrected chi connectivity index (χ4v) is 7.43. The van der Waals surface area contributed by atoms with Crippen molar-refractivity contribution < 1.29 is 23.2 Å². The van der Waals surface area contributed by atoms with Crippen LogP contribution in [0.3, 0.4) is 0 Å². The predicted molar refractivity (Wildman–Crippen MR) is 145 cm³/mol. The Kier molecular flexibility index (Phi) is 5.85. The van der Waals surface area contributed by atoms with Crippen LogP contribution in [0.1, 0.15) is 65.4 Å². The van der Waals surface area contributed by atoms with E-state index in [0.29, 0.717) is 25.0 Å². The summed E-state index contributed by atoms with van der Waals surface area (Å²) in [6.45, 7) is 13.1. The van der Waals surface area contributed by atoms with Crippen LogP contribution in [0.25, 0.3) is 0 Å². The first kappa shape index (κ1) is 25.5. The van der Waals surface area contributed by atoms with Gasteiger partial charge in [0.05, 0.1) is 35.9 Å². The van der Waals surface area contributed by atoms with Crippen molar-refractivity contribution in [2.24, 2.45) is 0 Å². The summed E-state index contributed by atoms with van der Waals surface area (Å²) in [6.07, 6.45) is 3.44. The minimum atomic E-state index is -0.708. The fourth-order valence-electron chi connectivity index (χ4n) is 7.43. The highest BCUT2D eigenvalue weighted by Gasteiger charge is 2.57. The summed E-state index contributed by atoms with van der Waals surface area (Å²) in [7, 11) is -0.459. The predicted octanol–water partition coefficient (Wildman–Crippen LogP) is 2.64. The Morgan fingerprint density at radius 2 is 1.61 bits per heavy atom. The zero-order valence-electron chi connectivity index (χ0n) is 23.2. The summed E-state index contributed by atoms with van der Waals surface area (Å²) in [5, 5.41) is 0. The molecule has 7 nitrogen and oxygen atoms in total. The molecule has 0 bridgehead atoms. The summed E-state index contributed by atoms with van der Waals surface area (Å²) in [5.41, 5.74) is 1.87. The lowest BCUT2D eigenvalue weighted by Crippen LogP contribution is -2.59. The SMILES string of the molecule is CC1(C)OB(c2ccc3c(c2)N([C@H]2C[C@@H](N4CC[C@H](F)C4)C2)C(=O)C32CCN(C3COC3)CC2)OC1(C)C. The number of benzene rings is 1. The normalized spacial score (nSPS) is 34.6. The molecule has 1 aromatic rings. The Balaban J connectivity index is 1.18. The Labute approximate surface area is 226 Å². The summed E-state index contributed by atoms with van der Waals surface area (Å²) < 4.78 is 32.1. The molecule has 1 saturated carbocycles. The van der Waals surface area contributed by atoms with E-state index in [9.17, 15) is 9.18 Å². The van der Waals surface area contributed by atoms with Crippen molar-refractivity contribution in [2.75, 3.05) is 44.3 Å². The van der Waals surface area contributed by atoms with Crippen LogP contribution in [0.4, 0.5) is 10.1 Å². The van der Waals surface area contributed by atoms with Crippen molar-refractivity contribution in [1.29, 1.82) is 0 Å². The third-order valence-corrected chi connectivity index (χ3v) is 10.9. The molecule has 5 fully saturated rings. The average Bonchev–Trinajstić information content (AvgIpc) is 3.40. The Hall–Kier alpha value is -1.52. The van der Waals surface area contributed by atoms with Gasteiger partial charge in [-0.15, -0.1) is 0 Å². The van der Waals surface area contributed by atoms with E-state index in [1.54, 1.807) is 0 Å². The van der Waals surface area contributed by atoms with Gasteiger partial charge in [-0.2, -0.15) is 0 Å². The smallest absolute Gasteiger partial charge is 0.399 e. The average molecular weight is 525 g/mol. The van der Waals surface area contributed by atoms with Gasteiger partial charge in [0, 0.05) is 30.9 Å². The molecule has 9 heteroatoms. The number of carbonyl (C=O) groups is 1. The Morgan fingerprint density at radius 3 is 2.18 bits per heavy atom. The Morgan fingerprint density at radius 1 is 0.921 bits per heavy atom. The molecule has 1 amide bonds. The number of hydrogen-bond acceptors (Lipinski definition) is 6. The van der Waals surface area contributed by atoms with Crippen LogP contribution in [0.15, 0.2) is 18.2 Å². The number of nitrogens with zero attached hydrogens (tertiary/aromatic N) is 3. The van der Waals surface area contributed by atoms with Crippen LogP contribution in [-0.4, -0.2) is 97.7 Å². The number of alkyl halides is 1. The quantitative estimate of drug-likeness (QED) is 0.564. The number of piperidine rings is 1. The number of hydrogen-bond donors (Lipinski definition) is 0. The van der Waals surface area contributed by atoms with Gasteiger partial charge in [0.25, 0.3) is 0 Å². The maximum Gasteiger partial charge on any atom is 0.494 e. The molecule has 7 rings (SSSR count). The van der Waals surface area contributed by atoms with E-state index in [-0.39, 0.29) is 11.9 Å². The van der Waals surface area contributed by atoms with Crippen LogP contribution in [-0.2, 0) is 24.3 Å². The van der Waals surface area contributed by atoms with Crippen molar-refractivity contribution in [2.45, 2.75) is 101 Å². The maximum atomic E-state index is 14.4. The van der Waals surface area contributed by atoms with Crippen LogP contribution in [0, 0.1) is 0 Å². The van der Waals surface area contributed by atoms with Crippen LogP contribution < -0.4 is 10.4 Å². The monoisotopic (exact) mass is 525 g/mol. The molecule has 1 aliphatic carbocycles. The number of rotatable bonds is 4. The molecule has 1 spiro atoms. The number of ether oxygens (including phenoxy) is 1. The standard InChI is InChI=1S/C29H41BFN3O4/c1-27(2)28(3,4)38-30(37-27)19-5-6-24-25(13-19)34(22-14-21(15-22)33-10-7-20(31)16-33)26(35)29(24)8-11-32(12-9-29)23-17-36-18-23/h5-6,13,20-23H,7-12,14-18H2,1-4H3/t20-,21-,22+/m0/s1. The van der Waals surface area contributed by atoms with Gasteiger partial charge in [0.1, 0.15) is 6.17 Å². The lowest BCUT2D eigenvalue weighted by Gasteiger charge is -2.47. The maximum absolute atomic E-state index is 14.4. The van der Waals surface area contributed by atoms with Crippen molar-refractivity contribution in [3.8, 4) is 0 Å². The first-order chi connectivity index (χ1) is 18.1. The summed E-state index contributed by atoms with van der Waals surface area (Å²) in [6, 6.07) is 7.49. The minimum absolute atomic E-state index is 0.163. The minimum Gasteiger partial charge on any atom is -0.399 e. The molecule has 4 saturated heterocycles. The molecule has 0 aromatic heterocycles. The lowest BCUT2D eigenvalue weighted by atomic mass is 9.71. The lowest BCUT2D eigenvalue weighted by molar-refractivity contribution is -0.128. The number of fused-ring (bicyclic) bond motifs is 2. The summed E-state index contributed by atoms with van der Waals surface area (Å²) in [5.74, 6) is 0.260. The highest BCUT2D eigenvalue weighted by atomic mass is 19.1. The van der Waals surface area contributed by atoms with Crippen LogP contribution in [0.5, 0.6) is 0 Å². The molecule has 6 aliphatic rings. The number of likely N-dealkylation sites (tertiary alicyclic amines) is 2. The van der Waals surface area contributed by atoms with Crippen molar-refractivity contribution in [3.63, 3.8) is 0 Å². The van der Waals surface area contributed by atoms with Gasteiger partial charge < -0.3 is 18.9 Å². The Bertz CT molecular complexity index is 1100. The molecule has 0 N–H and O–H groups in total. The number of anilines is 1. The number of amides is 1. The second-order valence-electron chi connectivity index (χ2n) is 13.5. The highest BCUT2D eigenvalue weighted by Crippen LogP contribution is 2.51. The molecule has 1 aromatic carbocycles. The second-order valence-corrected chi connectivity index (χ2v) is 13.5. The molecule has 1 atom stereocenters. The van der Waals surface area contributed by atoms with Crippen molar-refractivity contribution in [3.05, 3.63) is 23.8 Å². The zero-order chi connectivity index (χ0) is 26.4. The van der Waals surface area contributed by atoms with E-state index in [2.05, 4.69) is 60.6 Å². The molecule has 38 heavy (non-hydrogen) atoms. The number of carbonyl (C=O) groups excluding carboxylic acids is 1. The van der Waals surface area contributed by atoms with Gasteiger partial charge in [-0.3, -0.25) is 14.6 Å². The van der Waals surface area contributed by atoms with Crippen molar-refractivity contribution in [1.82, 2.24) is 9.80 Å². The molecule has 0 unspecified atom stereocenters. The molecular weight excluding hydrogens is 484 g/mol. The van der Waals surface area contributed by atoms with Gasteiger partial charge in [0.2, 0.25) is 5.91 Å². The fraction of sp³-hybridized carbons (Fsp3) is 0.759. The van der Waals surface area contributed by atoms with Gasteiger partial charge >= 0.3 is 7.12 Å². The molecular formula is C29H41BFN3O4. The molecule has 5 heterocycles. The van der Waals surface area contributed by atoms with E-state index < -0.39 is 29.9 Å². The summed E-state index contributed by atoms with van der Waals surface area (Å²) in [4.78, 5) is 21.3. The molecule has 0 radical (unpaired) electrons. The van der Waals surface area contributed by atoms with Gasteiger partial charge in [0.15, 0.2) is 0 Å². The van der Waals surface area contributed by atoms with E-state index in [0.717, 1.165) is 69.7 Å². The van der Waals surface area contributed by atoms with Gasteiger partial charge in [-0.05, 0) is 90.0 Å². The van der Waals surface area contributed by atoms with Crippen molar-refractivity contribution >= 4 is 24.2 Å². The topological polar surface area (TPSA) is 54.5 Å². The third-order valence-electron chi connectivity index (χ3n) is 10.9. The van der Waals surface area contributed by atoms with Crippen LogP contribution in [0.2, 0.25) is 0 Å². The third kappa shape index (κ3) is 3.75. The van der Waals surface area contributed by atoms with E-state index in [1.807, 2.05) is 0 Å². The van der Waals surface area contributed by atoms with E-state index in [1.165, 1.54) is 5.56 Å². The zero-order valence-corrected chi connectivity index (χ0v) is 23.2. The first-order valence-corrected chi connectivity index (χ1v) is 14.6. The largest absolute Gasteiger partial charge is 0.494 e. The number of halogens is 1. The molecule has 206 valence electrons. The second kappa shape index (κ2) is 8.74. The highest BCUT2D eigenvalue weighted by molar-refractivity contribution is 6.62. The van der Waals surface area contributed by atoms with E-state index in [4.69, 9.17) is 14.0 Å². The van der Waals surface area contributed by atoms with Gasteiger partial charge in [-0.1, -0.05) is 12.1 Å². The molecule has 5 aliphatic heterocycles. The van der Waals surface area contributed by atoms with Gasteiger partial charge in [-0.25, -0.2) is 4.39 Å².